The third-order valence-electron chi connectivity index (χ3n) is 2.61. The molecule has 0 saturated heterocycles. The highest BCUT2D eigenvalue weighted by atomic mass is 15.1. The van der Waals surface area contributed by atoms with Gasteiger partial charge in [0.15, 0.2) is 0 Å². The van der Waals surface area contributed by atoms with Crippen molar-refractivity contribution in [2.24, 2.45) is 0 Å². The smallest absolute Gasteiger partial charge is 0.138 e. The predicted octanol–water partition coefficient (Wildman–Crippen LogP) is 1.98. The molecule has 3 heteroatoms. The van der Waals surface area contributed by atoms with Crippen LogP contribution < -0.4 is 0 Å². The molecule has 1 aliphatic heterocycles. The van der Waals surface area contributed by atoms with Gasteiger partial charge < -0.3 is 9.88 Å². The van der Waals surface area contributed by atoms with Gasteiger partial charge in [-0.05, 0) is 18.2 Å². The first-order valence-electron chi connectivity index (χ1n) is 4.68. The molecule has 0 aromatic carbocycles. The van der Waals surface area contributed by atoms with Crippen molar-refractivity contribution >= 4 is 17.1 Å². The summed E-state index contributed by atoms with van der Waals surface area (Å²) in [5.41, 5.74) is 3.52. The average molecular weight is 185 g/mol. The molecule has 0 unspecified atom stereocenters. The van der Waals surface area contributed by atoms with Gasteiger partial charge in [0.05, 0.1) is 0 Å². The molecule has 2 aromatic rings. The molecule has 3 rings (SSSR count). The summed E-state index contributed by atoms with van der Waals surface area (Å²) in [5, 5.41) is 1.23. The lowest BCUT2D eigenvalue weighted by Crippen LogP contribution is -2.13. The van der Waals surface area contributed by atoms with Gasteiger partial charge in [-0.15, -0.1) is 0 Å². The Bertz CT molecular complexity index is 510. The van der Waals surface area contributed by atoms with E-state index in [0.717, 1.165) is 12.2 Å². The molecule has 0 bridgehead atoms. The molecule has 1 N–H and O–H groups in total. The van der Waals surface area contributed by atoms with Gasteiger partial charge in [0.1, 0.15) is 5.65 Å². The molecule has 3 nitrogen and oxygen atoms in total. The Morgan fingerprint density at radius 2 is 2.43 bits per heavy atom. The average Bonchev–Trinajstić information content (AvgIpc) is 2.56. The lowest BCUT2D eigenvalue weighted by Gasteiger charge is -2.17. The summed E-state index contributed by atoms with van der Waals surface area (Å²) in [5.74, 6) is 0. The number of aromatic amines is 1. The number of nitrogens with one attached hydrogen (secondary N) is 1. The Labute approximate surface area is 82.1 Å². The van der Waals surface area contributed by atoms with Gasteiger partial charge in [-0.3, -0.25) is 0 Å². The highest BCUT2D eigenvalue weighted by molar-refractivity contribution is 5.84. The summed E-state index contributed by atoms with van der Waals surface area (Å²) < 4.78 is 0. The monoisotopic (exact) mass is 185 g/mol. The summed E-state index contributed by atoms with van der Waals surface area (Å²) in [6.07, 6.45) is 6.00. The fourth-order valence-corrected chi connectivity index (χ4v) is 1.91. The summed E-state index contributed by atoms with van der Waals surface area (Å²) >= 11 is 0. The summed E-state index contributed by atoms with van der Waals surface area (Å²) in [6, 6.07) is 4.10. The number of rotatable bonds is 0. The van der Waals surface area contributed by atoms with Crippen LogP contribution in [0, 0.1) is 0 Å². The molecule has 3 heterocycles. The highest BCUT2D eigenvalue weighted by Gasteiger charge is 2.13. The van der Waals surface area contributed by atoms with E-state index >= 15 is 0 Å². The highest BCUT2D eigenvalue weighted by Crippen LogP contribution is 2.25. The zero-order valence-corrected chi connectivity index (χ0v) is 7.99. The minimum atomic E-state index is 0.956. The molecule has 0 aliphatic carbocycles. The number of hydrogen-bond donors (Lipinski definition) is 1. The van der Waals surface area contributed by atoms with E-state index in [1.54, 1.807) is 0 Å². The predicted molar refractivity (Wildman–Crippen MR) is 56.6 cm³/mol. The molecule has 0 radical (unpaired) electrons. The van der Waals surface area contributed by atoms with Gasteiger partial charge in [-0.25, -0.2) is 4.98 Å². The van der Waals surface area contributed by atoms with Crippen molar-refractivity contribution in [2.75, 3.05) is 7.05 Å². The SMILES string of the molecule is CN1C=Cc2[nH]c3ncccc3c2C1. The van der Waals surface area contributed by atoms with E-state index in [1.807, 2.05) is 12.3 Å². The second-order valence-corrected chi connectivity index (χ2v) is 3.65. The van der Waals surface area contributed by atoms with E-state index in [1.165, 1.54) is 16.6 Å². The van der Waals surface area contributed by atoms with Crippen LogP contribution in [0.1, 0.15) is 11.3 Å². The number of pyridine rings is 1. The zero-order valence-electron chi connectivity index (χ0n) is 7.99. The molecule has 14 heavy (non-hydrogen) atoms. The largest absolute Gasteiger partial charge is 0.376 e. The quantitative estimate of drug-likeness (QED) is 0.680. The van der Waals surface area contributed by atoms with Crippen molar-refractivity contribution < 1.29 is 0 Å². The Hall–Kier alpha value is -1.77. The van der Waals surface area contributed by atoms with Gasteiger partial charge in [-0.2, -0.15) is 0 Å². The topological polar surface area (TPSA) is 31.9 Å². The molecule has 70 valence electrons. The van der Waals surface area contributed by atoms with Gasteiger partial charge in [0, 0.05) is 42.6 Å². The molecule has 0 saturated carbocycles. The molecule has 0 fully saturated rings. The Morgan fingerprint density at radius 1 is 1.50 bits per heavy atom. The van der Waals surface area contributed by atoms with Crippen LogP contribution in [0.4, 0.5) is 0 Å². The maximum Gasteiger partial charge on any atom is 0.138 e. The van der Waals surface area contributed by atoms with Crippen LogP contribution in [0.15, 0.2) is 24.5 Å². The fraction of sp³-hybridized carbons (Fsp3) is 0.182. The van der Waals surface area contributed by atoms with Crippen molar-refractivity contribution in [3.63, 3.8) is 0 Å². The Balaban J connectivity index is 2.32. The first-order valence-corrected chi connectivity index (χ1v) is 4.68. The summed E-state index contributed by atoms with van der Waals surface area (Å²) in [6.45, 7) is 0.956. The van der Waals surface area contributed by atoms with E-state index in [-0.39, 0.29) is 0 Å². The van der Waals surface area contributed by atoms with E-state index in [4.69, 9.17) is 0 Å². The van der Waals surface area contributed by atoms with Crippen LogP contribution in [0.2, 0.25) is 0 Å². The minimum absolute atomic E-state index is 0.956. The molecule has 1 aliphatic rings. The second-order valence-electron chi connectivity index (χ2n) is 3.65. The van der Waals surface area contributed by atoms with Gasteiger partial charge in [0.2, 0.25) is 0 Å². The van der Waals surface area contributed by atoms with Gasteiger partial charge >= 0.3 is 0 Å². The number of fused-ring (bicyclic) bond motifs is 3. The maximum absolute atomic E-state index is 4.30. The van der Waals surface area contributed by atoms with Crippen molar-refractivity contribution in [3.05, 3.63) is 35.8 Å². The fourth-order valence-electron chi connectivity index (χ4n) is 1.91. The van der Waals surface area contributed by atoms with E-state index in [9.17, 15) is 0 Å². The second kappa shape index (κ2) is 2.61. The van der Waals surface area contributed by atoms with Crippen LogP contribution in [-0.2, 0) is 6.54 Å². The Kier molecular flexibility index (Phi) is 1.42. The standard InChI is InChI=1S/C11H11N3/c1-14-6-4-10-9(7-14)8-3-2-5-12-11(8)13-10/h2-6H,7H2,1H3,(H,12,13). The van der Waals surface area contributed by atoms with Gasteiger partial charge in [0.25, 0.3) is 0 Å². The van der Waals surface area contributed by atoms with Crippen molar-refractivity contribution in [2.45, 2.75) is 6.54 Å². The van der Waals surface area contributed by atoms with Crippen LogP contribution >= 0.6 is 0 Å². The van der Waals surface area contributed by atoms with Crippen LogP contribution in [-0.4, -0.2) is 21.9 Å². The minimum Gasteiger partial charge on any atom is -0.376 e. The third-order valence-corrected chi connectivity index (χ3v) is 2.61. The van der Waals surface area contributed by atoms with Crippen LogP contribution in [0.5, 0.6) is 0 Å². The van der Waals surface area contributed by atoms with E-state index in [2.05, 4.69) is 40.3 Å². The van der Waals surface area contributed by atoms with E-state index < -0.39 is 0 Å². The van der Waals surface area contributed by atoms with Crippen molar-refractivity contribution in [1.29, 1.82) is 0 Å². The normalized spacial score (nSPS) is 14.8. The van der Waals surface area contributed by atoms with Crippen LogP contribution in [0.25, 0.3) is 17.1 Å². The first-order chi connectivity index (χ1) is 6.84. The molecule has 0 atom stereocenters. The Morgan fingerprint density at radius 3 is 3.36 bits per heavy atom. The molecule has 2 aromatic heterocycles. The molecular formula is C11H11N3. The van der Waals surface area contributed by atoms with Crippen molar-refractivity contribution in [1.82, 2.24) is 14.9 Å². The zero-order chi connectivity index (χ0) is 9.54. The first kappa shape index (κ1) is 7.62. The lowest BCUT2D eigenvalue weighted by molar-refractivity contribution is 0.449. The summed E-state index contributed by atoms with van der Waals surface area (Å²) in [7, 11) is 2.08. The molecule has 0 spiro atoms. The third kappa shape index (κ3) is 0.954. The van der Waals surface area contributed by atoms with E-state index in [0.29, 0.717) is 0 Å². The van der Waals surface area contributed by atoms with Crippen LogP contribution in [0.3, 0.4) is 0 Å². The van der Waals surface area contributed by atoms with Crippen molar-refractivity contribution in [3.8, 4) is 0 Å². The molecule has 0 amide bonds. The summed E-state index contributed by atoms with van der Waals surface area (Å²) in [4.78, 5) is 9.78. The van der Waals surface area contributed by atoms with Gasteiger partial charge in [-0.1, -0.05) is 0 Å². The number of nitrogens with zero attached hydrogens (tertiary/aromatic N) is 2. The number of hydrogen-bond acceptors (Lipinski definition) is 2. The maximum atomic E-state index is 4.30. The number of H-pyrrole nitrogens is 1. The molecular weight excluding hydrogens is 174 g/mol. The lowest BCUT2D eigenvalue weighted by atomic mass is 10.1. The number of aromatic nitrogens is 2.